The highest BCUT2D eigenvalue weighted by Crippen LogP contribution is 2.33. The summed E-state index contributed by atoms with van der Waals surface area (Å²) in [7, 11) is -3.11. The third kappa shape index (κ3) is 9.89. The number of hydroxylamine groups is 2. The zero-order valence-electron chi connectivity index (χ0n) is 26.1. The number of carboxylic acid groups (broad SMARTS) is 1. The fraction of sp³-hybridized carbons (Fsp3) is 0.444. The van der Waals surface area contributed by atoms with Crippen LogP contribution < -0.4 is 31.8 Å². The Morgan fingerprint density at radius 3 is 2.49 bits per heavy atom. The molecular weight excluding hydrogens is 660 g/mol. The number of oxime groups is 1. The standard InChI is InChI=1S/C27H38N8O10S2/c1-16(29)46-14-19(30)22(24(36)31-23-25(37)35(27(23,2)3)45-47(40,41)42)32-44-21(26(38)39)13-43-18-8-6-17(7-9-18)20-12-34(11-5-10-28)15-33(20)4/h6-9,12,14-16,21,23H,5,10-11,13,28-30H2,1-4H3,(H2-,31,36,38,39,40,41,42)/p+1/b19-14-,32-22-/t16?,21-,23?/m0/s1. The van der Waals surface area contributed by atoms with Gasteiger partial charge in [-0.15, -0.1) is 16.0 Å². The van der Waals surface area contributed by atoms with Crippen molar-refractivity contribution in [2.75, 3.05) is 13.2 Å². The van der Waals surface area contributed by atoms with Gasteiger partial charge in [-0.2, -0.15) is 13.5 Å². The molecule has 47 heavy (non-hydrogen) atoms. The van der Waals surface area contributed by atoms with Gasteiger partial charge in [0, 0.05) is 5.56 Å². The molecule has 1 aromatic heterocycles. The molecule has 0 spiro atoms. The Morgan fingerprint density at radius 2 is 1.94 bits per heavy atom. The number of hydrogen-bond donors (Lipinski definition) is 6. The van der Waals surface area contributed by atoms with Crippen LogP contribution in [0.25, 0.3) is 11.3 Å². The fourth-order valence-corrected chi connectivity index (χ4v) is 5.21. The summed E-state index contributed by atoms with van der Waals surface area (Å²) in [5.41, 5.74) is 16.9. The highest BCUT2D eigenvalue weighted by atomic mass is 32.3. The number of hydrogen-bond acceptors (Lipinski definition) is 13. The molecule has 1 aromatic carbocycles. The van der Waals surface area contributed by atoms with Crippen molar-refractivity contribution in [1.82, 2.24) is 14.9 Å². The van der Waals surface area contributed by atoms with Gasteiger partial charge in [-0.05, 0) is 63.4 Å². The smallest absolute Gasteiger partial charge is 0.418 e. The first kappa shape index (κ1) is 37.2. The van der Waals surface area contributed by atoms with E-state index in [1.54, 1.807) is 19.1 Å². The second-order valence-electron chi connectivity index (χ2n) is 10.9. The molecule has 258 valence electrons. The number of carbonyl (C=O) groups is 3. The van der Waals surface area contributed by atoms with E-state index in [1.165, 1.54) is 19.3 Å². The molecule has 2 heterocycles. The van der Waals surface area contributed by atoms with Gasteiger partial charge < -0.3 is 37.2 Å². The van der Waals surface area contributed by atoms with E-state index >= 15 is 0 Å². The van der Waals surface area contributed by atoms with E-state index in [2.05, 4.69) is 14.8 Å². The van der Waals surface area contributed by atoms with Gasteiger partial charge in [-0.1, -0.05) is 5.16 Å². The number of ether oxygens (including phenoxy) is 1. The van der Waals surface area contributed by atoms with Crippen molar-refractivity contribution in [2.24, 2.45) is 29.4 Å². The number of thioether (sulfide) groups is 1. The number of rotatable bonds is 17. The minimum Gasteiger partial charge on any atom is -0.489 e. The van der Waals surface area contributed by atoms with Crippen LogP contribution in [0, 0.1) is 0 Å². The predicted molar refractivity (Wildman–Crippen MR) is 169 cm³/mol. The van der Waals surface area contributed by atoms with Gasteiger partial charge >= 0.3 is 16.4 Å². The van der Waals surface area contributed by atoms with Crippen molar-refractivity contribution in [2.45, 2.75) is 56.8 Å². The molecule has 0 aliphatic carbocycles. The molecular formula is C27H39N8O10S2+. The summed E-state index contributed by atoms with van der Waals surface area (Å²) in [5.74, 6) is -3.19. The van der Waals surface area contributed by atoms with E-state index in [-0.39, 0.29) is 5.70 Å². The Morgan fingerprint density at radius 1 is 1.28 bits per heavy atom. The Bertz CT molecular complexity index is 1620. The van der Waals surface area contributed by atoms with Crippen LogP contribution in [0.1, 0.15) is 27.2 Å². The van der Waals surface area contributed by atoms with Crippen LogP contribution in [0.2, 0.25) is 0 Å². The first-order valence-corrected chi connectivity index (χ1v) is 16.4. The van der Waals surface area contributed by atoms with Crippen LogP contribution in [0.5, 0.6) is 5.75 Å². The molecule has 0 radical (unpaired) electrons. The summed E-state index contributed by atoms with van der Waals surface area (Å²) in [6.45, 7) is 5.20. The zero-order chi connectivity index (χ0) is 35.1. The quantitative estimate of drug-likeness (QED) is 0.0295. The third-order valence-electron chi connectivity index (χ3n) is 6.73. The maximum absolute atomic E-state index is 13.2. The highest BCUT2D eigenvalue weighted by molar-refractivity contribution is 8.02. The Hall–Kier alpha value is -4.21. The molecule has 3 rings (SSSR count). The summed E-state index contributed by atoms with van der Waals surface area (Å²) < 4.78 is 45.0. The lowest BCUT2D eigenvalue weighted by Crippen LogP contribution is -2.77. The Labute approximate surface area is 275 Å². The first-order chi connectivity index (χ1) is 21.9. The average molecular weight is 700 g/mol. The van der Waals surface area contributed by atoms with Gasteiger partial charge in [0.05, 0.1) is 30.2 Å². The molecule has 0 saturated carbocycles. The van der Waals surface area contributed by atoms with Crippen molar-refractivity contribution in [3.63, 3.8) is 0 Å². The van der Waals surface area contributed by atoms with Gasteiger partial charge in [0.2, 0.25) is 6.33 Å². The topological polar surface area (TPSA) is 268 Å². The summed E-state index contributed by atoms with van der Waals surface area (Å²) in [5, 5.41) is 17.0. The number of aromatic nitrogens is 2. The number of aryl methyl sites for hydroxylation is 2. The first-order valence-electron chi connectivity index (χ1n) is 14.1. The number of benzene rings is 1. The minimum absolute atomic E-state index is 0.272. The van der Waals surface area contributed by atoms with Crippen molar-refractivity contribution in [3.05, 3.63) is 47.9 Å². The van der Waals surface area contributed by atoms with Crippen molar-refractivity contribution >= 4 is 45.7 Å². The number of carboxylic acids is 1. The second-order valence-corrected chi connectivity index (χ2v) is 13.2. The maximum Gasteiger partial charge on any atom is 0.418 e. The largest absolute Gasteiger partial charge is 0.489 e. The molecule has 20 heteroatoms. The van der Waals surface area contributed by atoms with Crippen molar-refractivity contribution in [1.29, 1.82) is 0 Å². The van der Waals surface area contributed by atoms with Gasteiger partial charge in [0.25, 0.3) is 17.9 Å². The molecule has 1 aliphatic heterocycles. The molecule has 1 aliphatic rings. The molecule has 3 atom stereocenters. The van der Waals surface area contributed by atoms with E-state index in [1.807, 2.05) is 40.8 Å². The number of carbonyl (C=O) groups excluding carboxylic acids is 2. The van der Waals surface area contributed by atoms with Gasteiger partial charge in [0.1, 0.15) is 24.6 Å². The monoisotopic (exact) mass is 699 g/mol. The highest BCUT2D eigenvalue weighted by Gasteiger charge is 2.58. The molecule has 1 saturated heterocycles. The lowest BCUT2D eigenvalue weighted by atomic mass is 9.84. The van der Waals surface area contributed by atoms with E-state index in [0.717, 1.165) is 36.0 Å². The normalized spacial score (nSPS) is 17.9. The van der Waals surface area contributed by atoms with E-state index in [9.17, 15) is 27.9 Å². The van der Waals surface area contributed by atoms with Crippen LogP contribution in [-0.2, 0) is 47.5 Å². The summed E-state index contributed by atoms with van der Waals surface area (Å²) in [6.07, 6.45) is 3.09. The van der Waals surface area contributed by atoms with Crippen LogP contribution >= 0.6 is 11.8 Å². The molecule has 18 nitrogen and oxygen atoms in total. The Balaban J connectivity index is 1.74. The van der Waals surface area contributed by atoms with E-state index < -0.39 is 63.6 Å². The lowest BCUT2D eigenvalue weighted by molar-refractivity contribution is -0.696. The van der Waals surface area contributed by atoms with Crippen LogP contribution in [0.15, 0.2) is 53.1 Å². The number of nitrogens with two attached hydrogens (primary N) is 3. The lowest BCUT2D eigenvalue weighted by Gasteiger charge is -2.50. The van der Waals surface area contributed by atoms with Gasteiger partial charge in [0.15, 0.2) is 11.4 Å². The van der Waals surface area contributed by atoms with E-state index in [0.29, 0.717) is 17.4 Å². The Kier molecular flexibility index (Phi) is 12.4. The zero-order valence-corrected chi connectivity index (χ0v) is 27.7. The number of β-lactam (4-membered cyclic amide) rings is 1. The summed E-state index contributed by atoms with van der Waals surface area (Å²) in [6, 6.07) is 5.59. The molecule has 1 fully saturated rings. The van der Waals surface area contributed by atoms with Crippen LogP contribution in [-0.4, -0.2) is 87.4 Å². The molecule has 9 N–H and O–H groups in total. The number of nitrogens with zero attached hydrogens (tertiary/aromatic N) is 4. The van der Waals surface area contributed by atoms with Crippen LogP contribution in [0.3, 0.4) is 0 Å². The minimum atomic E-state index is -5.02. The average Bonchev–Trinajstić information content (AvgIpc) is 3.37. The number of imidazole rings is 1. The van der Waals surface area contributed by atoms with E-state index in [4.69, 9.17) is 31.3 Å². The molecule has 2 unspecified atom stereocenters. The summed E-state index contributed by atoms with van der Waals surface area (Å²) in [4.78, 5) is 42.8. The second kappa shape index (κ2) is 15.6. The number of amides is 2. The number of aliphatic carboxylic acids is 1. The SMILES string of the molecule is CC(N)S/C=C(N)/C(=N/O[C@@H](COc1ccc(-c2c[n+](CCCN)cn2C)cc1)C(=O)O)C(=O)NC1C(=O)N(OS(=O)(=O)O)C1(C)C. The third-order valence-corrected chi connectivity index (χ3v) is 7.88. The summed E-state index contributed by atoms with van der Waals surface area (Å²) >= 11 is 1.02. The maximum atomic E-state index is 13.2. The van der Waals surface area contributed by atoms with Gasteiger partial charge in [-0.3, -0.25) is 14.1 Å². The number of nitrogens with one attached hydrogen (secondary N) is 1. The van der Waals surface area contributed by atoms with Gasteiger partial charge in [-0.25, -0.2) is 13.9 Å². The van der Waals surface area contributed by atoms with Crippen molar-refractivity contribution < 1.29 is 50.9 Å². The molecule has 0 bridgehead atoms. The molecule has 2 amide bonds. The fourth-order valence-electron chi connectivity index (χ4n) is 4.28. The van der Waals surface area contributed by atoms with Crippen molar-refractivity contribution in [3.8, 4) is 17.0 Å². The van der Waals surface area contributed by atoms with Crippen LogP contribution in [0.4, 0.5) is 0 Å². The molecule has 2 aromatic rings. The predicted octanol–water partition coefficient (Wildman–Crippen LogP) is -0.789.